The van der Waals surface area contributed by atoms with Gasteiger partial charge >= 0.3 is 0 Å². The number of rotatable bonds is 4. The van der Waals surface area contributed by atoms with Gasteiger partial charge in [0.05, 0.1) is 5.92 Å². The summed E-state index contributed by atoms with van der Waals surface area (Å²) in [4.78, 5) is 14.7. The van der Waals surface area contributed by atoms with Crippen molar-refractivity contribution in [2.45, 2.75) is 25.7 Å². The summed E-state index contributed by atoms with van der Waals surface area (Å²) in [6.45, 7) is 4.58. The Kier molecular flexibility index (Phi) is 5.12. The number of likely N-dealkylation sites (N-methyl/N-ethyl adjacent to an activating group) is 1. The van der Waals surface area contributed by atoms with Crippen molar-refractivity contribution in [1.82, 2.24) is 10.2 Å². The fraction of sp³-hybridized carbons (Fsp3) is 0.562. The van der Waals surface area contributed by atoms with Crippen molar-refractivity contribution in [3.05, 3.63) is 35.6 Å². The third-order valence-electron chi connectivity index (χ3n) is 4.10. The average Bonchev–Trinajstić information content (AvgIpc) is 2.44. The van der Waals surface area contributed by atoms with Crippen LogP contribution in [0, 0.1) is 11.7 Å². The first-order chi connectivity index (χ1) is 9.61. The van der Waals surface area contributed by atoms with E-state index in [4.69, 9.17) is 0 Å². The number of benzene rings is 1. The smallest absolute Gasteiger partial charge is 0.227 e. The first-order valence-corrected chi connectivity index (χ1v) is 7.33. The molecule has 20 heavy (non-hydrogen) atoms. The van der Waals surface area contributed by atoms with E-state index in [0.29, 0.717) is 12.5 Å². The molecule has 1 aromatic carbocycles. The summed E-state index contributed by atoms with van der Waals surface area (Å²) in [5.41, 5.74) is 0.923. The molecule has 1 N–H and O–H groups in total. The monoisotopic (exact) mass is 278 g/mol. The first kappa shape index (κ1) is 15.0. The quantitative estimate of drug-likeness (QED) is 0.917. The van der Waals surface area contributed by atoms with Crippen LogP contribution in [0.5, 0.6) is 0 Å². The van der Waals surface area contributed by atoms with Gasteiger partial charge in [0.15, 0.2) is 0 Å². The van der Waals surface area contributed by atoms with Gasteiger partial charge in [-0.15, -0.1) is 0 Å². The number of hydrogen-bond donors (Lipinski definition) is 1. The Hall–Kier alpha value is -1.42. The van der Waals surface area contributed by atoms with Crippen molar-refractivity contribution in [3.8, 4) is 0 Å². The molecule has 1 fully saturated rings. The zero-order valence-electron chi connectivity index (χ0n) is 12.2. The van der Waals surface area contributed by atoms with E-state index in [9.17, 15) is 9.18 Å². The van der Waals surface area contributed by atoms with Gasteiger partial charge in [-0.1, -0.05) is 12.1 Å². The zero-order valence-corrected chi connectivity index (χ0v) is 12.2. The molecule has 1 aliphatic heterocycles. The van der Waals surface area contributed by atoms with E-state index in [1.165, 1.54) is 12.1 Å². The third-order valence-corrected chi connectivity index (χ3v) is 4.10. The lowest BCUT2D eigenvalue weighted by molar-refractivity contribution is -0.124. The largest absolute Gasteiger partial charge is 0.356 e. The normalized spacial score (nSPS) is 18.8. The second-order valence-corrected chi connectivity index (χ2v) is 5.56. The van der Waals surface area contributed by atoms with Crippen LogP contribution in [0.25, 0.3) is 0 Å². The number of hydrogen-bond acceptors (Lipinski definition) is 2. The molecule has 0 saturated carbocycles. The molecule has 1 atom stereocenters. The summed E-state index contributed by atoms with van der Waals surface area (Å²) < 4.78 is 13.1. The maximum absolute atomic E-state index is 13.1. The molecule has 1 amide bonds. The highest BCUT2D eigenvalue weighted by molar-refractivity contribution is 5.84. The summed E-state index contributed by atoms with van der Waals surface area (Å²) in [6.07, 6.45) is 2.02. The van der Waals surface area contributed by atoms with Gasteiger partial charge in [0.2, 0.25) is 5.91 Å². The lowest BCUT2D eigenvalue weighted by Gasteiger charge is -2.33. The number of piperidine rings is 1. The van der Waals surface area contributed by atoms with Gasteiger partial charge in [-0.2, -0.15) is 0 Å². The molecule has 0 spiro atoms. The van der Waals surface area contributed by atoms with Crippen LogP contribution in [-0.4, -0.2) is 37.5 Å². The summed E-state index contributed by atoms with van der Waals surface area (Å²) >= 11 is 0. The van der Waals surface area contributed by atoms with E-state index >= 15 is 0 Å². The molecule has 110 valence electrons. The Morgan fingerprint density at radius 3 is 2.50 bits per heavy atom. The molecule has 4 heteroatoms. The van der Waals surface area contributed by atoms with Crippen molar-refractivity contribution < 1.29 is 9.18 Å². The molecular formula is C16H23FN2O. The zero-order chi connectivity index (χ0) is 14.5. The van der Waals surface area contributed by atoms with E-state index in [-0.39, 0.29) is 17.6 Å². The van der Waals surface area contributed by atoms with Gasteiger partial charge in [-0.3, -0.25) is 4.79 Å². The highest BCUT2D eigenvalue weighted by atomic mass is 19.1. The molecule has 1 heterocycles. The minimum absolute atomic E-state index is 0.0636. The number of halogens is 1. The molecule has 0 radical (unpaired) electrons. The number of nitrogens with one attached hydrogen (secondary N) is 1. The Labute approximate surface area is 120 Å². The van der Waals surface area contributed by atoms with Crippen LogP contribution in [0.1, 0.15) is 31.2 Å². The predicted molar refractivity (Wildman–Crippen MR) is 78.0 cm³/mol. The minimum Gasteiger partial charge on any atom is -0.356 e. The predicted octanol–water partition coefficient (Wildman–Crippen LogP) is 2.39. The third kappa shape index (κ3) is 3.57. The standard InChI is InChI=1S/C16H23FN2O/c1-3-18-16(20)15(12-4-6-14(17)7-5-12)13-8-10-19(2)11-9-13/h4-7,13,15H,3,8-11H2,1-2H3,(H,18,20). The molecule has 1 unspecified atom stereocenters. The van der Waals surface area contributed by atoms with Crippen LogP contribution in [0.3, 0.4) is 0 Å². The highest BCUT2D eigenvalue weighted by Gasteiger charge is 2.31. The molecule has 1 aromatic rings. The maximum atomic E-state index is 13.1. The van der Waals surface area contributed by atoms with Crippen LogP contribution in [0.4, 0.5) is 4.39 Å². The molecular weight excluding hydrogens is 255 g/mol. The van der Waals surface area contributed by atoms with E-state index < -0.39 is 0 Å². The van der Waals surface area contributed by atoms with Crippen LogP contribution >= 0.6 is 0 Å². The van der Waals surface area contributed by atoms with Gasteiger partial charge in [-0.25, -0.2) is 4.39 Å². The molecule has 1 saturated heterocycles. The molecule has 0 bridgehead atoms. The van der Waals surface area contributed by atoms with E-state index in [1.807, 2.05) is 6.92 Å². The summed E-state index contributed by atoms with van der Waals surface area (Å²) in [7, 11) is 2.11. The lowest BCUT2D eigenvalue weighted by Crippen LogP contribution is -2.39. The Bertz CT molecular complexity index is 438. The van der Waals surface area contributed by atoms with Crippen molar-refractivity contribution in [1.29, 1.82) is 0 Å². The van der Waals surface area contributed by atoms with Gasteiger partial charge < -0.3 is 10.2 Å². The number of carbonyl (C=O) groups is 1. The summed E-state index contributed by atoms with van der Waals surface area (Å²) in [5.74, 6) is -0.0205. The van der Waals surface area contributed by atoms with Crippen molar-refractivity contribution >= 4 is 5.91 Å². The number of amides is 1. The summed E-state index contributed by atoms with van der Waals surface area (Å²) in [6, 6.07) is 6.37. The van der Waals surface area contributed by atoms with Crippen LogP contribution < -0.4 is 5.32 Å². The van der Waals surface area contributed by atoms with Crippen LogP contribution in [0.2, 0.25) is 0 Å². The fourth-order valence-corrected chi connectivity index (χ4v) is 2.95. The minimum atomic E-state index is -0.258. The molecule has 0 aromatic heterocycles. The van der Waals surface area contributed by atoms with Gasteiger partial charge in [-0.05, 0) is 63.5 Å². The van der Waals surface area contributed by atoms with Gasteiger partial charge in [0.1, 0.15) is 5.82 Å². The topological polar surface area (TPSA) is 32.3 Å². The number of carbonyl (C=O) groups excluding carboxylic acids is 1. The maximum Gasteiger partial charge on any atom is 0.227 e. The second-order valence-electron chi connectivity index (χ2n) is 5.56. The average molecular weight is 278 g/mol. The molecule has 0 aliphatic carbocycles. The first-order valence-electron chi connectivity index (χ1n) is 7.33. The summed E-state index contributed by atoms with van der Waals surface area (Å²) in [5, 5.41) is 2.92. The molecule has 2 rings (SSSR count). The molecule has 3 nitrogen and oxygen atoms in total. The van der Waals surface area contributed by atoms with E-state index in [0.717, 1.165) is 31.5 Å². The van der Waals surface area contributed by atoms with E-state index in [2.05, 4.69) is 17.3 Å². The Balaban J connectivity index is 2.20. The van der Waals surface area contributed by atoms with Crippen molar-refractivity contribution in [2.75, 3.05) is 26.7 Å². The van der Waals surface area contributed by atoms with E-state index in [1.54, 1.807) is 12.1 Å². The SMILES string of the molecule is CCNC(=O)C(c1ccc(F)cc1)C1CCN(C)CC1. The fourth-order valence-electron chi connectivity index (χ4n) is 2.95. The number of likely N-dealkylation sites (tertiary alicyclic amines) is 1. The van der Waals surface area contributed by atoms with Crippen LogP contribution in [0.15, 0.2) is 24.3 Å². The highest BCUT2D eigenvalue weighted by Crippen LogP contribution is 2.32. The number of nitrogens with zero attached hydrogens (tertiary/aromatic N) is 1. The Morgan fingerprint density at radius 2 is 1.95 bits per heavy atom. The lowest BCUT2D eigenvalue weighted by atomic mass is 9.79. The van der Waals surface area contributed by atoms with Gasteiger partial charge in [0.25, 0.3) is 0 Å². The van der Waals surface area contributed by atoms with Gasteiger partial charge in [0, 0.05) is 6.54 Å². The van der Waals surface area contributed by atoms with Crippen molar-refractivity contribution in [2.24, 2.45) is 5.92 Å². The van der Waals surface area contributed by atoms with Crippen LogP contribution in [-0.2, 0) is 4.79 Å². The second kappa shape index (κ2) is 6.84. The Morgan fingerprint density at radius 1 is 1.35 bits per heavy atom. The molecule has 1 aliphatic rings. The van der Waals surface area contributed by atoms with Crippen molar-refractivity contribution in [3.63, 3.8) is 0 Å².